The van der Waals surface area contributed by atoms with Crippen LogP contribution >= 0.6 is 0 Å². The quantitative estimate of drug-likeness (QED) is 0.598. The van der Waals surface area contributed by atoms with Gasteiger partial charge in [0.2, 0.25) is 0 Å². The monoisotopic (exact) mass is 198 g/mol. The van der Waals surface area contributed by atoms with E-state index in [4.69, 9.17) is 0 Å². The molecular formula is C13H26O. The van der Waals surface area contributed by atoms with Gasteiger partial charge in [0.15, 0.2) is 0 Å². The molecule has 1 nitrogen and oxygen atoms in total. The fourth-order valence-corrected chi connectivity index (χ4v) is 0.370. The van der Waals surface area contributed by atoms with Gasteiger partial charge in [-0.15, -0.1) is 0 Å². The molecule has 0 radical (unpaired) electrons. The van der Waals surface area contributed by atoms with Crippen molar-refractivity contribution >= 4 is 0 Å². The largest absolute Gasteiger partial charge is 0.388 e. The molecular weight excluding hydrogens is 172 g/mol. The average Bonchev–Trinajstić information content (AvgIpc) is 2.18. The summed E-state index contributed by atoms with van der Waals surface area (Å²) in [6.07, 6.45) is 6.14. The van der Waals surface area contributed by atoms with Crippen molar-refractivity contribution in [1.29, 1.82) is 0 Å². The average molecular weight is 198 g/mol. The van der Waals surface area contributed by atoms with E-state index in [0.29, 0.717) is 0 Å². The topological polar surface area (TPSA) is 9.23 Å². The zero-order valence-electron chi connectivity index (χ0n) is 10.8. The minimum absolute atomic E-state index is 1.09. The van der Waals surface area contributed by atoms with Crippen molar-refractivity contribution in [2.75, 3.05) is 14.2 Å². The highest BCUT2D eigenvalue weighted by Crippen LogP contribution is 1.97. The standard InChI is InChI=1S/C9H14.C2H6O.C2H6/c1-5-9(4)7-6-8(2)3;1-3-2;1-2/h5-7H,2H2,1,3-4H3;1-2H3;1-2H3/b7-6-,9-5-;;. The lowest BCUT2D eigenvalue weighted by Crippen LogP contribution is -1.65. The van der Waals surface area contributed by atoms with Crippen LogP contribution in [0.2, 0.25) is 0 Å². The Morgan fingerprint density at radius 1 is 1.07 bits per heavy atom. The second-order valence-corrected chi connectivity index (χ2v) is 2.62. The number of rotatable bonds is 2. The van der Waals surface area contributed by atoms with Gasteiger partial charge in [-0.2, -0.15) is 0 Å². The molecule has 0 spiro atoms. The van der Waals surface area contributed by atoms with Crippen molar-refractivity contribution in [1.82, 2.24) is 0 Å². The van der Waals surface area contributed by atoms with E-state index in [-0.39, 0.29) is 0 Å². The third kappa shape index (κ3) is 30.3. The van der Waals surface area contributed by atoms with Crippen LogP contribution in [-0.2, 0) is 4.74 Å². The van der Waals surface area contributed by atoms with Gasteiger partial charge in [0.05, 0.1) is 0 Å². The van der Waals surface area contributed by atoms with Crippen LogP contribution in [0.15, 0.2) is 36.0 Å². The van der Waals surface area contributed by atoms with Gasteiger partial charge in [0.25, 0.3) is 0 Å². The highest BCUT2D eigenvalue weighted by Gasteiger charge is 1.75. The minimum atomic E-state index is 1.09. The maximum atomic E-state index is 4.25. The Labute approximate surface area is 90.2 Å². The van der Waals surface area contributed by atoms with Crippen molar-refractivity contribution in [3.05, 3.63) is 36.0 Å². The molecule has 0 fully saturated rings. The lowest BCUT2D eigenvalue weighted by molar-refractivity contribution is 0.277. The summed E-state index contributed by atoms with van der Waals surface area (Å²) in [4.78, 5) is 0. The Bertz CT molecular complexity index is 164. The molecule has 14 heavy (non-hydrogen) atoms. The van der Waals surface area contributed by atoms with Crippen molar-refractivity contribution < 1.29 is 4.74 Å². The number of methoxy groups -OCH3 is 1. The van der Waals surface area contributed by atoms with Gasteiger partial charge >= 0.3 is 0 Å². The fourth-order valence-electron chi connectivity index (χ4n) is 0.370. The molecule has 1 heteroatoms. The Balaban J connectivity index is -0.000000205. The smallest absolute Gasteiger partial charge is 0.0351 e. The van der Waals surface area contributed by atoms with E-state index in [9.17, 15) is 0 Å². The van der Waals surface area contributed by atoms with Crippen LogP contribution in [0.5, 0.6) is 0 Å². The predicted octanol–water partition coefficient (Wildman–Crippen LogP) is 4.37. The van der Waals surface area contributed by atoms with Gasteiger partial charge in [0, 0.05) is 14.2 Å². The highest BCUT2D eigenvalue weighted by molar-refractivity contribution is 5.22. The minimum Gasteiger partial charge on any atom is -0.388 e. The lowest BCUT2D eigenvalue weighted by Gasteiger charge is -1.86. The molecule has 0 aliphatic heterocycles. The second-order valence-electron chi connectivity index (χ2n) is 2.62. The summed E-state index contributed by atoms with van der Waals surface area (Å²) in [6.45, 7) is 13.8. The van der Waals surface area contributed by atoms with E-state index in [2.05, 4.69) is 30.4 Å². The molecule has 0 heterocycles. The van der Waals surface area contributed by atoms with Gasteiger partial charge in [-0.05, 0) is 20.8 Å². The summed E-state index contributed by atoms with van der Waals surface area (Å²) < 4.78 is 4.25. The number of allylic oxidation sites excluding steroid dienone is 5. The van der Waals surface area contributed by atoms with Crippen LogP contribution < -0.4 is 0 Å². The Kier molecular flexibility index (Phi) is 24.3. The summed E-state index contributed by atoms with van der Waals surface area (Å²) in [6, 6.07) is 0. The molecule has 0 bridgehead atoms. The van der Waals surface area contributed by atoms with Gasteiger partial charge in [-0.3, -0.25) is 0 Å². The van der Waals surface area contributed by atoms with E-state index in [0.717, 1.165) is 5.57 Å². The second kappa shape index (κ2) is 18.1. The van der Waals surface area contributed by atoms with Crippen LogP contribution in [0.1, 0.15) is 34.6 Å². The van der Waals surface area contributed by atoms with E-state index >= 15 is 0 Å². The summed E-state index contributed by atoms with van der Waals surface area (Å²) in [5.41, 5.74) is 2.37. The third-order valence-electron chi connectivity index (χ3n) is 1.09. The first kappa shape index (κ1) is 18.9. The first-order valence-electron chi connectivity index (χ1n) is 4.95. The molecule has 0 aliphatic rings. The first-order valence-corrected chi connectivity index (χ1v) is 4.95. The molecule has 0 aromatic heterocycles. The molecule has 84 valence electrons. The van der Waals surface area contributed by atoms with Gasteiger partial charge < -0.3 is 4.74 Å². The maximum absolute atomic E-state index is 4.25. The third-order valence-corrected chi connectivity index (χ3v) is 1.09. The summed E-state index contributed by atoms with van der Waals surface area (Å²) >= 11 is 0. The van der Waals surface area contributed by atoms with Gasteiger partial charge in [0.1, 0.15) is 0 Å². The normalized spacial score (nSPS) is 9.79. The molecule has 0 aliphatic carbocycles. The summed E-state index contributed by atoms with van der Waals surface area (Å²) in [5, 5.41) is 0. The van der Waals surface area contributed by atoms with E-state index in [1.165, 1.54) is 5.57 Å². The van der Waals surface area contributed by atoms with Gasteiger partial charge in [-0.1, -0.05) is 49.8 Å². The molecule has 0 rings (SSSR count). The molecule has 0 aromatic rings. The molecule has 0 unspecified atom stereocenters. The molecule has 0 saturated carbocycles. The maximum Gasteiger partial charge on any atom is 0.0351 e. The lowest BCUT2D eigenvalue weighted by atomic mass is 10.2. The number of hydrogen-bond acceptors (Lipinski definition) is 1. The van der Waals surface area contributed by atoms with Crippen molar-refractivity contribution in [2.24, 2.45) is 0 Å². The first-order chi connectivity index (χ1) is 6.58. The van der Waals surface area contributed by atoms with Crippen LogP contribution in [0.25, 0.3) is 0 Å². The van der Waals surface area contributed by atoms with Crippen molar-refractivity contribution in [2.45, 2.75) is 34.6 Å². The summed E-state index contributed by atoms with van der Waals surface area (Å²) in [5.74, 6) is 0. The molecule has 0 aromatic carbocycles. The van der Waals surface area contributed by atoms with Crippen LogP contribution in [0.3, 0.4) is 0 Å². The van der Waals surface area contributed by atoms with Crippen LogP contribution in [0, 0.1) is 0 Å². The Morgan fingerprint density at radius 2 is 1.43 bits per heavy atom. The van der Waals surface area contributed by atoms with Crippen LogP contribution in [0.4, 0.5) is 0 Å². The predicted molar refractivity (Wildman–Crippen MR) is 67.7 cm³/mol. The van der Waals surface area contributed by atoms with E-state index in [1.54, 1.807) is 14.2 Å². The van der Waals surface area contributed by atoms with Crippen molar-refractivity contribution in [3.63, 3.8) is 0 Å². The molecule has 0 saturated heterocycles. The van der Waals surface area contributed by atoms with E-state index < -0.39 is 0 Å². The Hall–Kier alpha value is -0.820. The molecule has 0 atom stereocenters. The van der Waals surface area contributed by atoms with E-state index in [1.807, 2.05) is 33.8 Å². The van der Waals surface area contributed by atoms with Gasteiger partial charge in [-0.25, -0.2) is 0 Å². The number of hydrogen-bond donors (Lipinski definition) is 0. The highest BCUT2D eigenvalue weighted by atomic mass is 16.4. The molecule has 0 amide bonds. The zero-order valence-corrected chi connectivity index (χ0v) is 10.8. The SMILES string of the molecule is C=C(C)/C=C\C(C)=C/C.CC.COC. The molecule has 0 N–H and O–H groups in total. The van der Waals surface area contributed by atoms with Crippen LogP contribution in [-0.4, -0.2) is 14.2 Å². The number of ether oxygens (including phenoxy) is 1. The Morgan fingerprint density at radius 3 is 1.64 bits per heavy atom. The zero-order chi connectivity index (χ0) is 12.0. The fraction of sp³-hybridized carbons (Fsp3) is 0.538. The van der Waals surface area contributed by atoms with Crippen molar-refractivity contribution in [3.8, 4) is 0 Å². The summed E-state index contributed by atoms with van der Waals surface area (Å²) in [7, 11) is 3.25.